The Morgan fingerprint density at radius 2 is 1.95 bits per heavy atom. The van der Waals surface area contributed by atoms with E-state index < -0.39 is 12.2 Å². The van der Waals surface area contributed by atoms with Crippen molar-refractivity contribution < 1.29 is 18.0 Å². The number of rotatable bonds is 3. The number of carbonyl (C=O) groups excluding carboxylic acids is 1. The van der Waals surface area contributed by atoms with Crippen molar-refractivity contribution in [2.75, 3.05) is 6.54 Å². The lowest BCUT2D eigenvalue weighted by Crippen LogP contribution is -2.54. The maximum Gasteiger partial charge on any atom is 0.403 e. The van der Waals surface area contributed by atoms with Crippen LogP contribution in [0.2, 0.25) is 0 Å². The fourth-order valence-corrected chi connectivity index (χ4v) is 4.41. The minimum Gasteiger partial charge on any atom is -0.352 e. The zero-order valence-corrected chi connectivity index (χ0v) is 12.1. The molecule has 1 aliphatic heterocycles. The number of fused-ring (bicyclic) bond motifs is 2. The molecule has 2 N–H and O–H groups in total. The van der Waals surface area contributed by atoms with Crippen LogP contribution in [0.15, 0.2) is 0 Å². The Morgan fingerprint density at radius 1 is 1.14 bits per heavy atom. The fourth-order valence-electron chi connectivity index (χ4n) is 4.41. The van der Waals surface area contributed by atoms with E-state index in [1.54, 1.807) is 0 Å². The van der Waals surface area contributed by atoms with Crippen molar-refractivity contribution in [3.05, 3.63) is 0 Å². The molecule has 1 heterocycles. The van der Waals surface area contributed by atoms with Crippen LogP contribution in [0.25, 0.3) is 0 Å². The van der Waals surface area contributed by atoms with Gasteiger partial charge in [0.1, 0.15) is 6.04 Å². The van der Waals surface area contributed by atoms with Crippen molar-refractivity contribution in [1.82, 2.24) is 10.6 Å². The Bertz CT molecular complexity index is 391. The third-order valence-corrected chi connectivity index (χ3v) is 5.51. The molecule has 3 nitrogen and oxygen atoms in total. The third-order valence-electron chi connectivity index (χ3n) is 5.51. The summed E-state index contributed by atoms with van der Waals surface area (Å²) in [6.45, 7) is 0.215. The van der Waals surface area contributed by atoms with Gasteiger partial charge in [0.05, 0.1) is 0 Å². The van der Waals surface area contributed by atoms with Gasteiger partial charge in [-0.3, -0.25) is 4.79 Å². The molecule has 3 fully saturated rings. The summed E-state index contributed by atoms with van der Waals surface area (Å²) in [5.41, 5.74) is 0. The Hall–Kier alpha value is -0.780. The zero-order valence-electron chi connectivity index (χ0n) is 12.1. The molecule has 120 valence electrons. The monoisotopic (exact) mass is 304 g/mol. The highest BCUT2D eigenvalue weighted by molar-refractivity contribution is 5.76. The molecule has 0 aromatic carbocycles. The Balaban J connectivity index is 1.40. The van der Waals surface area contributed by atoms with E-state index in [2.05, 4.69) is 10.6 Å². The number of halogens is 3. The molecule has 21 heavy (non-hydrogen) atoms. The van der Waals surface area contributed by atoms with Crippen molar-refractivity contribution in [3.63, 3.8) is 0 Å². The molecule has 0 spiro atoms. The standard InChI is InChI=1S/C15H23F3N2O/c16-15(17,18)13-4-3-12(8-19-13)20-14(21)7-11-6-9-1-2-10(11)5-9/h9-13,19H,1-8H2,(H,20,21). The first-order valence-electron chi connectivity index (χ1n) is 8.01. The van der Waals surface area contributed by atoms with Crippen LogP contribution in [0.3, 0.4) is 0 Å². The van der Waals surface area contributed by atoms with Gasteiger partial charge in [0.15, 0.2) is 0 Å². The van der Waals surface area contributed by atoms with E-state index in [1.807, 2.05) is 0 Å². The first kappa shape index (κ1) is 15.1. The van der Waals surface area contributed by atoms with E-state index in [-0.39, 0.29) is 24.9 Å². The van der Waals surface area contributed by atoms with Crippen LogP contribution in [0, 0.1) is 17.8 Å². The van der Waals surface area contributed by atoms with Crippen molar-refractivity contribution in [2.24, 2.45) is 17.8 Å². The summed E-state index contributed by atoms with van der Waals surface area (Å²) in [7, 11) is 0. The zero-order chi connectivity index (χ0) is 15.0. The molecule has 2 bridgehead atoms. The molecule has 1 amide bonds. The van der Waals surface area contributed by atoms with Crippen LogP contribution in [-0.2, 0) is 4.79 Å². The first-order valence-corrected chi connectivity index (χ1v) is 8.01. The number of hydrogen-bond acceptors (Lipinski definition) is 2. The van der Waals surface area contributed by atoms with Crippen LogP contribution in [0.4, 0.5) is 13.2 Å². The number of carbonyl (C=O) groups is 1. The summed E-state index contributed by atoms with van der Waals surface area (Å²) in [6.07, 6.45) is 1.82. The van der Waals surface area contributed by atoms with Crippen molar-refractivity contribution >= 4 is 5.91 Å². The van der Waals surface area contributed by atoms with Crippen LogP contribution in [-0.4, -0.2) is 30.7 Å². The van der Waals surface area contributed by atoms with Gasteiger partial charge in [0.25, 0.3) is 0 Å². The molecule has 1 saturated heterocycles. The summed E-state index contributed by atoms with van der Waals surface area (Å²) in [6, 6.07) is -1.58. The molecule has 3 rings (SSSR count). The minimum atomic E-state index is -4.18. The number of nitrogens with one attached hydrogen (secondary N) is 2. The normalized spacial score (nSPS) is 39.5. The fraction of sp³-hybridized carbons (Fsp3) is 0.933. The van der Waals surface area contributed by atoms with Crippen LogP contribution in [0.1, 0.15) is 44.9 Å². The van der Waals surface area contributed by atoms with E-state index in [9.17, 15) is 18.0 Å². The highest BCUT2D eigenvalue weighted by Gasteiger charge is 2.42. The van der Waals surface area contributed by atoms with Gasteiger partial charge in [-0.1, -0.05) is 6.42 Å². The molecule has 6 heteroatoms. The predicted octanol–water partition coefficient (Wildman–Crippen LogP) is 2.61. The van der Waals surface area contributed by atoms with Gasteiger partial charge in [-0.05, 0) is 49.9 Å². The van der Waals surface area contributed by atoms with Crippen molar-refractivity contribution in [2.45, 2.75) is 63.2 Å². The average molecular weight is 304 g/mol. The summed E-state index contributed by atoms with van der Waals surface area (Å²) >= 11 is 0. The SMILES string of the molecule is O=C(CC1CC2CCC1C2)NC1CCC(C(F)(F)F)NC1. The summed E-state index contributed by atoms with van der Waals surface area (Å²) in [5.74, 6) is 2.05. The van der Waals surface area contributed by atoms with E-state index in [4.69, 9.17) is 0 Å². The first-order chi connectivity index (χ1) is 9.91. The molecule has 5 atom stereocenters. The van der Waals surface area contributed by atoms with Crippen LogP contribution >= 0.6 is 0 Å². The van der Waals surface area contributed by atoms with Crippen LogP contribution in [0.5, 0.6) is 0 Å². The average Bonchev–Trinajstić information content (AvgIpc) is 3.00. The highest BCUT2D eigenvalue weighted by Crippen LogP contribution is 2.49. The molecule has 0 aromatic heterocycles. The van der Waals surface area contributed by atoms with Gasteiger partial charge in [-0.25, -0.2) is 0 Å². The molecular formula is C15H23F3N2O. The molecule has 2 saturated carbocycles. The second-order valence-corrected chi connectivity index (χ2v) is 6.98. The maximum atomic E-state index is 12.5. The Morgan fingerprint density at radius 3 is 2.48 bits per heavy atom. The summed E-state index contributed by atoms with van der Waals surface area (Å²) in [5, 5.41) is 5.40. The van der Waals surface area contributed by atoms with Crippen molar-refractivity contribution in [1.29, 1.82) is 0 Å². The second kappa shape index (κ2) is 5.78. The van der Waals surface area contributed by atoms with E-state index in [0.29, 0.717) is 24.7 Å². The van der Waals surface area contributed by atoms with Crippen molar-refractivity contribution in [3.8, 4) is 0 Å². The molecule has 0 aromatic rings. The van der Waals surface area contributed by atoms with E-state index in [0.717, 1.165) is 12.3 Å². The number of amides is 1. The second-order valence-electron chi connectivity index (χ2n) is 6.98. The lowest BCUT2D eigenvalue weighted by atomic mass is 9.86. The van der Waals surface area contributed by atoms with Gasteiger partial charge < -0.3 is 10.6 Å². The van der Waals surface area contributed by atoms with Gasteiger partial charge in [0, 0.05) is 19.0 Å². The number of piperidine rings is 1. The Kier molecular flexibility index (Phi) is 4.17. The lowest BCUT2D eigenvalue weighted by Gasteiger charge is -2.32. The van der Waals surface area contributed by atoms with E-state index >= 15 is 0 Å². The maximum absolute atomic E-state index is 12.5. The highest BCUT2D eigenvalue weighted by atomic mass is 19.4. The van der Waals surface area contributed by atoms with Gasteiger partial charge in [0.2, 0.25) is 5.91 Å². The van der Waals surface area contributed by atoms with Gasteiger partial charge >= 0.3 is 6.18 Å². The van der Waals surface area contributed by atoms with Gasteiger partial charge in [-0.2, -0.15) is 13.2 Å². The van der Waals surface area contributed by atoms with Crippen LogP contribution < -0.4 is 10.6 Å². The van der Waals surface area contributed by atoms with Gasteiger partial charge in [-0.15, -0.1) is 0 Å². The molecular weight excluding hydrogens is 281 g/mol. The van der Waals surface area contributed by atoms with E-state index in [1.165, 1.54) is 19.3 Å². The number of alkyl halides is 3. The number of hydrogen-bond donors (Lipinski definition) is 2. The largest absolute Gasteiger partial charge is 0.403 e. The Labute approximate surface area is 123 Å². The summed E-state index contributed by atoms with van der Waals surface area (Å²) < 4.78 is 37.6. The molecule has 0 radical (unpaired) electrons. The smallest absolute Gasteiger partial charge is 0.352 e. The predicted molar refractivity (Wildman–Crippen MR) is 72.6 cm³/mol. The minimum absolute atomic E-state index is 0.0183. The molecule has 5 unspecified atom stereocenters. The topological polar surface area (TPSA) is 41.1 Å². The quantitative estimate of drug-likeness (QED) is 0.841. The third kappa shape index (κ3) is 3.52. The lowest BCUT2D eigenvalue weighted by molar-refractivity contribution is -0.161. The molecule has 3 aliphatic rings. The summed E-state index contributed by atoms with van der Waals surface area (Å²) in [4.78, 5) is 12.1. The molecule has 2 aliphatic carbocycles.